The number of nitrogens with two attached hydrogens (primary N) is 1. The van der Waals surface area contributed by atoms with Crippen LogP contribution in [0.15, 0.2) is 0 Å². The molecule has 1 amide bonds. The highest BCUT2D eigenvalue weighted by molar-refractivity contribution is 5.80. The number of carbonyl (C=O) groups is 1. The van der Waals surface area contributed by atoms with Gasteiger partial charge in [0.2, 0.25) is 5.91 Å². The Bertz CT molecular complexity index is 136. The fraction of sp³-hybridized carbons (Fsp3) is 0.857. The van der Waals surface area contributed by atoms with Gasteiger partial charge in [-0.3, -0.25) is 4.79 Å². The highest BCUT2D eigenvalue weighted by Crippen LogP contribution is 2.17. The van der Waals surface area contributed by atoms with Gasteiger partial charge in [0.05, 0.1) is 6.04 Å². The molecule has 0 radical (unpaired) electrons. The van der Waals surface area contributed by atoms with Gasteiger partial charge in [0.15, 0.2) is 0 Å². The predicted octanol–water partition coefficient (Wildman–Crippen LogP) is -0.140. The zero-order chi connectivity index (χ0) is 7.56. The third-order valence-electron chi connectivity index (χ3n) is 2.18. The lowest BCUT2D eigenvalue weighted by molar-refractivity contribution is -0.120. The molecule has 0 spiro atoms. The van der Waals surface area contributed by atoms with Crippen LogP contribution >= 0.6 is 0 Å². The number of nitrogens with one attached hydrogen (secondary N) is 1. The lowest BCUT2D eigenvalue weighted by Crippen LogP contribution is -2.40. The largest absolute Gasteiger partial charge is 0.368 e. The fourth-order valence-corrected chi connectivity index (χ4v) is 1.53. The first-order chi connectivity index (χ1) is 4.75. The zero-order valence-electron chi connectivity index (χ0n) is 6.26. The molecule has 0 unspecified atom stereocenters. The predicted molar refractivity (Wildman–Crippen MR) is 39.4 cm³/mol. The standard InChI is InChI=1S/C7H14N2O/c1-2-5-3-4-9-6(5)7(8)10/h5-6,9H,2-4H2,1H3,(H2,8,10)/t5-,6-/m1/s1. The molecule has 0 bridgehead atoms. The quantitative estimate of drug-likeness (QED) is 0.564. The summed E-state index contributed by atoms with van der Waals surface area (Å²) in [5.74, 6) is 0.266. The Hall–Kier alpha value is -0.570. The van der Waals surface area contributed by atoms with Crippen molar-refractivity contribution in [1.82, 2.24) is 5.32 Å². The van der Waals surface area contributed by atoms with Crippen LogP contribution in [0.5, 0.6) is 0 Å². The van der Waals surface area contributed by atoms with Crippen molar-refractivity contribution >= 4 is 5.91 Å². The van der Waals surface area contributed by atoms with Gasteiger partial charge in [0, 0.05) is 0 Å². The minimum atomic E-state index is -0.204. The van der Waals surface area contributed by atoms with E-state index < -0.39 is 0 Å². The zero-order valence-corrected chi connectivity index (χ0v) is 6.26. The second-order valence-corrected chi connectivity index (χ2v) is 2.79. The van der Waals surface area contributed by atoms with Gasteiger partial charge in [0.25, 0.3) is 0 Å². The molecule has 3 heteroatoms. The van der Waals surface area contributed by atoms with Gasteiger partial charge in [-0.05, 0) is 18.9 Å². The van der Waals surface area contributed by atoms with Crippen LogP contribution in [0.4, 0.5) is 0 Å². The Morgan fingerprint density at radius 1 is 1.80 bits per heavy atom. The molecule has 1 rings (SSSR count). The number of carbonyl (C=O) groups excluding carboxylic acids is 1. The van der Waals surface area contributed by atoms with E-state index in [1.807, 2.05) is 0 Å². The van der Waals surface area contributed by atoms with E-state index >= 15 is 0 Å². The normalized spacial score (nSPS) is 32.5. The molecule has 1 aliphatic rings. The summed E-state index contributed by atoms with van der Waals surface area (Å²) >= 11 is 0. The van der Waals surface area contributed by atoms with Crippen molar-refractivity contribution in [3.8, 4) is 0 Å². The van der Waals surface area contributed by atoms with Crippen molar-refractivity contribution in [1.29, 1.82) is 0 Å². The van der Waals surface area contributed by atoms with Gasteiger partial charge >= 0.3 is 0 Å². The molecule has 0 aromatic carbocycles. The summed E-state index contributed by atoms with van der Waals surface area (Å²) in [5.41, 5.74) is 5.16. The molecule has 3 N–H and O–H groups in total. The van der Waals surface area contributed by atoms with Crippen LogP contribution in [0.2, 0.25) is 0 Å². The fourth-order valence-electron chi connectivity index (χ4n) is 1.53. The number of hydrogen-bond donors (Lipinski definition) is 2. The van der Waals surface area contributed by atoms with E-state index in [-0.39, 0.29) is 11.9 Å². The molecule has 0 aliphatic carbocycles. The lowest BCUT2D eigenvalue weighted by atomic mass is 9.98. The molecule has 1 heterocycles. The third kappa shape index (κ3) is 1.29. The summed E-state index contributed by atoms with van der Waals surface area (Å²) < 4.78 is 0. The highest BCUT2D eigenvalue weighted by atomic mass is 16.1. The van der Waals surface area contributed by atoms with Crippen molar-refractivity contribution in [3.63, 3.8) is 0 Å². The summed E-state index contributed by atoms with van der Waals surface area (Å²) in [6.45, 7) is 3.03. The molecule has 1 aliphatic heterocycles. The summed E-state index contributed by atoms with van der Waals surface area (Å²) in [4.78, 5) is 10.7. The highest BCUT2D eigenvalue weighted by Gasteiger charge is 2.29. The Balaban J connectivity index is 2.50. The Morgan fingerprint density at radius 2 is 2.50 bits per heavy atom. The van der Waals surface area contributed by atoms with Crippen molar-refractivity contribution < 1.29 is 4.79 Å². The van der Waals surface area contributed by atoms with E-state index in [4.69, 9.17) is 5.73 Å². The molecular formula is C7H14N2O. The maximum atomic E-state index is 10.7. The van der Waals surface area contributed by atoms with Crippen LogP contribution in [-0.4, -0.2) is 18.5 Å². The Morgan fingerprint density at radius 3 is 2.90 bits per heavy atom. The van der Waals surface area contributed by atoms with Gasteiger partial charge in [-0.15, -0.1) is 0 Å². The molecule has 3 nitrogen and oxygen atoms in total. The van der Waals surface area contributed by atoms with E-state index in [2.05, 4.69) is 12.2 Å². The van der Waals surface area contributed by atoms with Crippen molar-refractivity contribution in [2.45, 2.75) is 25.8 Å². The molecule has 10 heavy (non-hydrogen) atoms. The summed E-state index contributed by atoms with van der Waals surface area (Å²) in [6, 6.07) is -0.0648. The number of primary amides is 1. The second-order valence-electron chi connectivity index (χ2n) is 2.79. The number of hydrogen-bond acceptors (Lipinski definition) is 2. The number of rotatable bonds is 2. The average molecular weight is 142 g/mol. The van der Waals surface area contributed by atoms with Crippen molar-refractivity contribution in [3.05, 3.63) is 0 Å². The van der Waals surface area contributed by atoms with Gasteiger partial charge < -0.3 is 11.1 Å². The van der Waals surface area contributed by atoms with E-state index in [9.17, 15) is 4.79 Å². The van der Waals surface area contributed by atoms with E-state index in [1.54, 1.807) is 0 Å². The van der Waals surface area contributed by atoms with Crippen LogP contribution in [0, 0.1) is 5.92 Å². The molecule has 0 saturated carbocycles. The molecule has 0 aromatic rings. The van der Waals surface area contributed by atoms with E-state index in [0.29, 0.717) is 5.92 Å². The van der Waals surface area contributed by atoms with Crippen LogP contribution in [-0.2, 0) is 4.79 Å². The first-order valence-electron chi connectivity index (χ1n) is 3.78. The third-order valence-corrected chi connectivity index (χ3v) is 2.18. The smallest absolute Gasteiger partial charge is 0.234 e. The van der Waals surface area contributed by atoms with Crippen LogP contribution in [0.3, 0.4) is 0 Å². The van der Waals surface area contributed by atoms with Gasteiger partial charge in [-0.1, -0.05) is 13.3 Å². The van der Waals surface area contributed by atoms with Crippen molar-refractivity contribution in [2.24, 2.45) is 11.7 Å². The molecule has 1 saturated heterocycles. The van der Waals surface area contributed by atoms with Crippen molar-refractivity contribution in [2.75, 3.05) is 6.54 Å². The number of amides is 1. The van der Waals surface area contributed by atoms with Crippen LogP contribution in [0.1, 0.15) is 19.8 Å². The van der Waals surface area contributed by atoms with E-state index in [1.165, 1.54) is 0 Å². The summed E-state index contributed by atoms with van der Waals surface area (Å²) in [6.07, 6.45) is 2.13. The SMILES string of the molecule is CC[C@@H]1CCN[C@H]1C(N)=O. The summed E-state index contributed by atoms with van der Waals surface area (Å²) in [7, 11) is 0. The second kappa shape index (κ2) is 3.01. The molecule has 2 atom stereocenters. The monoisotopic (exact) mass is 142 g/mol. The lowest BCUT2D eigenvalue weighted by Gasteiger charge is -2.12. The maximum Gasteiger partial charge on any atom is 0.234 e. The minimum absolute atomic E-state index is 0.0648. The van der Waals surface area contributed by atoms with Gasteiger partial charge in [-0.25, -0.2) is 0 Å². The first kappa shape index (κ1) is 7.54. The maximum absolute atomic E-state index is 10.7. The summed E-state index contributed by atoms with van der Waals surface area (Å²) in [5, 5.41) is 3.08. The Labute approximate surface area is 61.0 Å². The van der Waals surface area contributed by atoms with Gasteiger partial charge in [-0.2, -0.15) is 0 Å². The van der Waals surface area contributed by atoms with Crippen LogP contribution < -0.4 is 11.1 Å². The topological polar surface area (TPSA) is 55.1 Å². The average Bonchev–Trinajstić information content (AvgIpc) is 2.33. The van der Waals surface area contributed by atoms with Crippen LogP contribution in [0.25, 0.3) is 0 Å². The molecule has 58 valence electrons. The Kier molecular flexibility index (Phi) is 2.27. The van der Waals surface area contributed by atoms with E-state index in [0.717, 1.165) is 19.4 Å². The van der Waals surface area contributed by atoms with Gasteiger partial charge in [0.1, 0.15) is 0 Å². The first-order valence-corrected chi connectivity index (χ1v) is 3.78. The minimum Gasteiger partial charge on any atom is -0.368 e. The molecule has 0 aromatic heterocycles. The molecule has 1 fully saturated rings. The molecular weight excluding hydrogens is 128 g/mol.